The molecule has 0 spiro atoms. The Bertz CT molecular complexity index is 338. The van der Waals surface area contributed by atoms with Crippen LogP contribution in [0.5, 0.6) is 0 Å². The Labute approximate surface area is 124 Å². The summed E-state index contributed by atoms with van der Waals surface area (Å²) in [6, 6.07) is 10.6. The van der Waals surface area contributed by atoms with Crippen molar-refractivity contribution in [3.63, 3.8) is 0 Å². The lowest BCUT2D eigenvalue weighted by Gasteiger charge is -2.28. The molecule has 3 atom stereocenters. The molecule has 3 unspecified atom stereocenters. The molecule has 1 aromatic carbocycles. The minimum atomic E-state index is 0.216. The maximum atomic E-state index is 6.32. The molecule has 1 nitrogen and oxygen atoms in total. The van der Waals surface area contributed by atoms with Crippen molar-refractivity contribution >= 4 is 22.6 Å². The van der Waals surface area contributed by atoms with Crippen LogP contribution in [0.25, 0.3) is 0 Å². The monoisotopic (exact) mass is 358 g/mol. The SMILES string of the molecule is CC(OC1CCCCCCC1I)c1ccccc1. The van der Waals surface area contributed by atoms with Crippen molar-refractivity contribution in [1.29, 1.82) is 0 Å². The lowest BCUT2D eigenvalue weighted by molar-refractivity contribution is -0.0105. The Balaban J connectivity index is 1.94. The molecule has 1 fully saturated rings. The van der Waals surface area contributed by atoms with Crippen LogP contribution in [0, 0.1) is 0 Å². The number of halogens is 1. The van der Waals surface area contributed by atoms with Gasteiger partial charge >= 0.3 is 0 Å². The van der Waals surface area contributed by atoms with Gasteiger partial charge in [-0.25, -0.2) is 0 Å². The van der Waals surface area contributed by atoms with Crippen LogP contribution in [-0.2, 0) is 4.74 Å². The molecule has 1 saturated carbocycles. The summed E-state index contributed by atoms with van der Waals surface area (Å²) in [5, 5.41) is 0. The summed E-state index contributed by atoms with van der Waals surface area (Å²) < 4.78 is 6.99. The van der Waals surface area contributed by atoms with Crippen LogP contribution < -0.4 is 0 Å². The van der Waals surface area contributed by atoms with Gasteiger partial charge in [-0.05, 0) is 25.3 Å². The van der Waals surface area contributed by atoms with E-state index in [1.807, 2.05) is 0 Å². The summed E-state index contributed by atoms with van der Waals surface area (Å²) >= 11 is 2.59. The van der Waals surface area contributed by atoms with Crippen molar-refractivity contribution in [2.45, 2.75) is 61.6 Å². The molecule has 0 radical (unpaired) electrons. The quantitative estimate of drug-likeness (QED) is 0.527. The molecule has 0 N–H and O–H groups in total. The fourth-order valence-corrected chi connectivity index (χ4v) is 3.59. The number of hydrogen-bond donors (Lipinski definition) is 0. The minimum absolute atomic E-state index is 0.216. The molecular formula is C16H23IO. The van der Waals surface area contributed by atoms with E-state index >= 15 is 0 Å². The Morgan fingerprint density at radius 3 is 2.44 bits per heavy atom. The molecule has 0 saturated heterocycles. The van der Waals surface area contributed by atoms with Gasteiger partial charge < -0.3 is 4.74 Å². The van der Waals surface area contributed by atoms with Crippen LogP contribution >= 0.6 is 22.6 Å². The topological polar surface area (TPSA) is 9.23 Å². The summed E-state index contributed by atoms with van der Waals surface area (Å²) in [6.07, 6.45) is 8.66. The van der Waals surface area contributed by atoms with E-state index in [1.54, 1.807) is 0 Å². The first kappa shape index (κ1) is 14.3. The van der Waals surface area contributed by atoms with Gasteiger partial charge in [0.1, 0.15) is 0 Å². The minimum Gasteiger partial charge on any atom is -0.370 e. The average Bonchev–Trinajstić information content (AvgIpc) is 2.39. The van der Waals surface area contributed by atoms with E-state index in [0.29, 0.717) is 10.0 Å². The molecular weight excluding hydrogens is 335 g/mol. The highest BCUT2D eigenvalue weighted by Gasteiger charge is 2.23. The first-order valence-corrected chi connectivity index (χ1v) is 8.36. The second-order valence-electron chi connectivity index (χ2n) is 5.24. The number of rotatable bonds is 3. The number of hydrogen-bond acceptors (Lipinski definition) is 1. The van der Waals surface area contributed by atoms with Gasteiger partial charge in [-0.15, -0.1) is 0 Å². The normalized spacial score (nSPS) is 27.2. The van der Waals surface area contributed by atoms with Gasteiger partial charge in [0, 0.05) is 3.92 Å². The Morgan fingerprint density at radius 1 is 1.06 bits per heavy atom. The number of alkyl halides is 1. The second-order valence-corrected chi connectivity index (χ2v) is 6.83. The zero-order valence-corrected chi connectivity index (χ0v) is 13.3. The Morgan fingerprint density at radius 2 is 1.72 bits per heavy atom. The van der Waals surface area contributed by atoms with Gasteiger partial charge in [-0.2, -0.15) is 0 Å². The van der Waals surface area contributed by atoms with Crippen LogP contribution in [0.2, 0.25) is 0 Å². The third kappa shape index (κ3) is 4.23. The van der Waals surface area contributed by atoms with Gasteiger partial charge in [-0.3, -0.25) is 0 Å². The molecule has 0 heterocycles. The summed E-state index contributed by atoms with van der Waals surface area (Å²) in [5.41, 5.74) is 1.29. The van der Waals surface area contributed by atoms with Crippen molar-refractivity contribution < 1.29 is 4.74 Å². The summed E-state index contributed by atoms with van der Waals surface area (Å²) in [7, 11) is 0. The Kier molecular flexibility index (Phi) is 5.96. The fourth-order valence-electron chi connectivity index (χ4n) is 2.62. The molecule has 18 heavy (non-hydrogen) atoms. The van der Waals surface area contributed by atoms with Gasteiger partial charge in [0.2, 0.25) is 0 Å². The van der Waals surface area contributed by atoms with Crippen LogP contribution in [0.4, 0.5) is 0 Å². The lowest BCUT2D eigenvalue weighted by Crippen LogP contribution is -2.26. The molecule has 1 aliphatic rings. The van der Waals surface area contributed by atoms with Crippen LogP contribution in [0.15, 0.2) is 30.3 Å². The molecule has 1 aromatic rings. The van der Waals surface area contributed by atoms with Crippen LogP contribution in [-0.4, -0.2) is 10.0 Å². The second kappa shape index (κ2) is 7.49. The smallest absolute Gasteiger partial charge is 0.0801 e. The molecule has 0 bridgehead atoms. The van der Waals surface area contributed by atoms with E-state index < -0.39 is 0 Å². The highest BCUT2D eigenvalue weighted by Crippen LogP contribution is 2.29. The molecule has 0 amide bonds. The van der Waals surface area contributed by atoms with Gasteiger partial charge in [0.25, 0.3) is 0 Å². The predicted octanol–water partition coefficient (Wildman–Crippen LogP) is 5.29. The zero-order chi connectivity index (χ0) is 12.8. The first-order chi connectivity index (χ1) is 8.77. The van der Waals surface area contributed by atoms with E-state index in [1.165, 1.54) is 44.1 Å². The zero-order valence-electron chi connectivity index (χ0n) is 11.1. The van der Waals surface area contributed by atoms with Gasteiger partial charge in [0.05, 0.1) is 12.2 Å². The predicted molar refractivity (Wildman–Crippen MR) is 85.2 cm³/mol. The largest absolute Gasteiger partial charge is 0.370 e. The average molecular weight is 358 g/mol. The summed E-state index contributed by atoms with van der Waals surface area (Å²) in [5.74, 6) is 0. The van der Waals surface area contributed by atoms with E-state index in [4.69, 9.17) is 4.74 Å². The third-order valence-electron chi connectivity index (χ3n) is 3.77. The van der Waals surface area contributed by atoms with Crippen LogP contribution in [0.3, 0.4) is 0 Å². The van der Waals surface area contributed by atoms with E-state index in [2.05, 4.69) is 59.8 Å². The fraction of sp³-hybridized carbons (Fsp3) is 0.625. The first-order valence-electron chi connectivity index (χ1n) is 7.12. The standard InChI is InChI=1S/C16H23IO/c1-13(14-9-5-4-6-10-14)18-16-12-8-3-2-7-11-15(16)17/h4-6,9-10,13,15-16H,2-3,7-8,11-12H2,1H3. The molecule has 2 rings (SSSR count). The van der Waals surface area contributed by atoms with E-state index in [-0.39, 0.29) is 6.10 Å². The maximum Gasteiger partial charge on any atom is 0.0801 e. The van der Waals surface area contributed by atoms with E-state index in [9.17, 15) is 0 Å². The van der Waals surface area contributed by atoms with Crippen LogP contribution in [0.1, 0.15) is 57.1 Å². The van der Waals surface area contributed by atoms with Crippen molar-refractivity contribution in [2.75, 3.05) is 0 Å². The molecule has 100 valence electrons. The third-order valence-corrected chi connectivity index (χ3v) is 5.19. The van der Waals surface area contributed by atoms with Crippen molar-refractivity contribution in [3.05, 3.63) is 35.9 Å². The highest BCUT2D eigenvalue weighted by atomic mass is 127. The molecule has 2 heteroatoms. The molecule has 0 aromatic heterocycles. The number of ether oxygens (including phenoxy) is 1. The summed E-state index contributed by atoms with van der Waals surface area (Å²) in [6.45, 7) is 2.18. The van der Waals surface area contributed by atoms with Crippen molar-refractivity contribution in [1.82, 2.24) is 0 Å². The maximum absolute atomic E-state index is 6.32. The van der Waals surface area contributed by atoms with Crippen molar-refractivity contribution in [2.24, 2.45) is 0 Å². The van der Waals surface area contributed by atoms with E-state index in [0.717, 1.165) is 0 Å². The number of benzene rings is 1. The summed E-state index contributed by atoms with van der Waals surface area (Å²) in [4.78, 5) is 0. The Hall–Kier alpha value is -0.0900. The van der Waals surface area contributed by atoms with Gasteiger partial charge in [-0.1, -0.05) is 78.6 Å². The molecule has 0 aliphatic heterocycles. The lowest BCUT2D eigenvalue weighted by atomic mass is 9.98. The molecule has 1 aliphatic carbocycles. The van der Waals surface area contributed by atoms with Gasteiger partial charge in [0.15, 0.2) is 0 Å². The highest BCUT2D eigenvalue weighted by molar-refractivity contribution is 14.1. The van der Waals surface area contributed by atoms with Crippen molar-refractivity contribution in [3.8, 4) is 0 Å².